The van der Waals surface area contributed by atoms with Crippen molar-refractivity contribution in [2.24, 2.45) is 4.99 Å². The highest BCUT2D eigenvalue weighted by molar-refractivity contribution is 14.0. The van der Waals surface area contributed by atoms with Gasteiger partial charge in [0.2, 0.25) is 0 Å². The zero-order valence-electron chi connectivity index (χ0n) is 17.2. The molecule has 0 amide bonds. The summed E-state index contributed by atoms with van der Waals surface area (Å²) in [6, 6.07) is 8.13. The average molecular weight is 527 g/mol. The highest BCUT2D eigenvalue weighted by Crippen LogP contribution is 2.21. The molecule has 2 N–H and O–H groups in total. The molecular formula is C19H34IN3O4S. The Labute approximate surface area is 186 Å². The summed E-state index contributed by atoms with van der Waals surface area (Å²) in [6.07, 6.45) is 2.14. The first kappa shape index (κ1) is 26.9. The summed E-state index contributed by atoms with van der Waals surface area (Å²) < 4.78 is 32.6. The van der Waals surface area contributed by atoms with E-state index in [-0.39, 0.29) is 36.3 Å². The quantitative estimate of drug-likeness (QED) is 0.188. The maximum atomic E-state index is 11.0. The van der Waals surface area contributed by atoms with Crippen molar-refractivity contribution in [3.63, 3.8) is 0 Å². The van der Waals surface area contributed by atoms with Crippen molar-refractivity contribution < 1.29 is 17.9 Å². The van der Waals surface area contributed by atoms with Gasteiger partial charge in [-0.25, -0.2) is 8.42 Å². The Morgan fingerprint density at radius 1 is 1.18 bits per heavy atom. The minimum absolute atomic E-state index is 0. The zero-order valence-corrected chi connectivity index (χ0v) is 20.4. The first-order chi connectivity index (χ1) is 12.9. The fraction of sp³-hybridized carbons (Fsp3) is 0.632. The van der Waals surface area contributed by atoms with E-state index in [1.165, 1.54) is 11.8 Å². The van der Waals surface area contributed by atoms with Crippen LogP contribution in [-0.2, 0) is 14.6 Å². The predicted octanol–water partition coefficient (Wildman–Crippen LogP) is 2.42. The van der Waals surface area contributed by atoms with Gasteiger partial charge in [-0.15, -0.1) is 24.0 Å². The minimum Gasteiger partial charge on any atom is -0.497 e. The SMILES string of the molecule is CCNC(=NCCC(C)c1ccc(OC)cc1)NCCOCCS(C)(=O)=O.I. The van der Waals surface area contributed by atoms with Crippen molar-refractivity contribution in [3.05, 3.63) is 29.8 Å². The molecule has 1 unspecified atom stereocenters. The van der Waals surface area contributed by atoms with Crippen LogP contribution in [0.2, 0.25) is 0 Å². The van der Waals surface area contributed by atoms with Gasteiger partial charge in [0.1, 0.15) is 15.6 Å². The Bertz CT molecular complexity index is 666. The van der Waals surface area contributed by atoms with Gasteiger partial charge >= 0.3 is 0 Å². The van der Waals surface area contributed by atoms with Gasteiger partial charge in [0.25, 0.3) is 0 Å². The van der Waals surface area contributed by atoms with Crippen LogP contribution in [0.5, 0.6) is 5.75 Å². The average Bonchev–Trinajstić information content (AvgIpc) is 2.63. The van der Waals surface area contributed by atoms with Crippen LogP contribution in [0.1, 0.15) is 31.7 Å². The fourth-order valence-corrected chi connectivity index (χ4v) is 2.79. The number of nitrogens with one attached hydrogen (secondary N) is 2. The third kappa shape index (κ3) is 12.4. The summed E-state index contributed by atoms with van der Waals surface area (Å²) in [5.41, 5.74) is 1.27. The Hall–Kier alpha value is -1.07. The molecule has 1 atom stereocenters. The van der Waals surface area contributed by atoms with Crippen LogP contribution in [0.4, 0.5) is 0 Å². The molecule has 0 radical (unpaired) electrons. The number of aliphatic imine (C=N–C) groups is 1. The summed E-state index contributed by atoms with van der Waals surface area (Å²) in [6.45, 7) is 6.90. The molecule has 28 heavy (non-hydrogen) atoms. The Morgan fingerprint density at radius 3 is 2.43 bits per heavy atom. The Balaban J connectivity index is 0.00000729. The third-order valence-corrected chi connectivity index (χ3v) is 4.91. The lowest BCUT2D eigenvalue weighted by Gasteiger charge is -2.13. The van der Waals surface area contributed by atoms with E-state index < -0.39 is 9.84 Å². The second-order valence-corrected chi connectivity index (χ2v) is 8.65. The van der Waals surface area contributed by atoms with Crippen LogP contribution in [0, 0.1) is 0 Å². The van der Waals surface area contributed by atoms with Crippen molar-refractivity contribution in [1.29, 1.82) is 0 Å². The molecule has 0 bridgehead atoms. The highest BCUT2D eigenvalue weighted by Gasteiger charge is 2.06. The molecular weight excluding hydrogens is 493 g/mol. The van der Waals surface area contributed by atoms with Crippen LogP contribution in [0.3, 0.4) is 0 Å². The number of halogens is 1. The maximum absolute atomic E-state index is 11.0. The summed E-state index contributed by atoms with van der Waals surface area (Å²) in [7, 11) is -1.31. The lowest BCUT2D eigenvalue weighted by molar-refractivity contribution is 0.154. The van der Waals surface area contributed by atoms with Crippen LogP contribution in [-0.4, -0.2) is 66.3 Å². The number of hydrogen-bond donors (Lipinski definition) is 2. The summed E-state index contributed by atoms with van der Waals surface area (Å²) >= 11 is 0. The molecule has 0 heterocycles. The predicted molar refractivity (Wildman–Crippen MR) is 126 cm³/mol. The molecule has 0 spiro atoms. The monoisotopic (exact) mass is 527 g/mol. The van der Waals surface area contributed by atoms with Gasteiger partial charge in [-0.2, -0.15) is 0 Å². The number of nitrogens with zero attached hydrogens (tertiary/aromatic N) is 1. The summed E-state index contributed by atoms with van der Waals surface area (Å²) in [5, 5.41) is 6.39. The number of sulfone groups is 1. The van der Waals surface area contributed by atoms with Crippen molar-refractivity contribution in [2.45, 2.75) is 26.2 Å². The second-order valence-electron chi connectivity index (χ2n) is 6.39. The summed E-state index contributed by atoms with van der Waals surface area (Å²) in [5.74, 6) is 2.05. The van der Waals surface area contributed by atoms with E-state index in [1.807, 2.05) is 19.1 Å². The normalized spacial score (nSPS) is 12.8. The molecule has 7 nitrogen and oxygen atoms in total. The largest absolute Gasteiger partial charge is 0.497 e. The van der Waals surface area contributed by atoms with E-state index >= 15 is 0 Å². The van der Waals surface area contributed by atoms with Gasteiger partial charge in [0.15, 0.2) is 5.96 Å². The standard InChI is InChI=1S/C19H33N3O4S.HI/c1-5-20-19(22-12-13-26-14-15-27(4,23)24)21-11-10-16(2)17-6-8-18(25-3)9-7-17;/h6-9,16H,5,10-15H2,1-4H3,(H2,20,21,22);1H. The van der Waals surface area contributed by atoms with Gasteiger partial charge in [0.05, 0.1) is 26.1 Å². The number of guanidine groups is 1. The van der Waals surface area contributed by atoms with Crippen molar-refractivity contribution >= 4 is 39.8 Å². The van der Waals surface area contributed by atoms with Crippen LogP contribution in [0.15, 0.2) is 29.3 Å². The van der Waals surface area contributed by atoms with Gasteiger partial charge < -0.3 is 20.1 Å². The number of hydrogen-bond acceptors (Lipinski definition) is 5. The minimum atomic E-state index is -2.97. The molecule has 0 aliphatic heterocycles. The van der Waals surface area contributed by atoms with Gasteiger partial charge in [-0.3, -0.25) is 4.99 Å². The molecule has 0 saturated carbocycles. The second kappa shape index (κ2) is 14.9. The van der Waals surface area contributed by atoms with E-state index in [4.69, 9.17) is 9.47 Å². The Kier molecular flexibility index (Phi) is 14.3. The number of methoxy groups -OCH3 is 1. The van der Waals surface area contributed by atoms with Gasteiger partial charge in [0, 0.05) is 25.9 Å². The van der Waals surface area contributed by atoms with Crippen LogP contribution < -0.4 is 15.4 Å². The van der Waals surface area contributed by atoms with E-state index in [0.29, 0.717) is 25.6 Å². The first-order valence-electron chi connectivity index (χ1n) is 9.27. The molecule has 0 aliphatic carbocycles. The molecule has 162 valence electrons. The molecule has 0 aliphatic rings. The molecule has 0 fully saturated rings. The first-order valence-corrected chi connectivity index (χ1v) is 11.3. The summed E-state index contributed by atoms with van der Waals surface area (Å²) in [4.78, 5) is 4.59. The molecule has 1 rings (SSSR count). The van der Waals surface area contributed by atoms with Gasteiger partial charge in [-0.05, 0) is 37.0 Å². The molecule has 1 aromatic carbocycles. The van der Waals surface area contributed by atoms with E-state index in [2.05, 4.69) is 34.7 Å². The topological polar surface area (TPSA) is 89.0 Å². The van der Waals surface area contributed by atoms with Crippen molar-refractivity contribution in [1.82, 2.24) is 10.6 Å². The number of ether oxygens (including phenoxy) is 2. The number of rotatable bonds is 12. The smallest absolute Gasteiger partial charge is 0.191 e. The van der Waals surface area contributed by atoms with E-state index in [0.717, 1.165) is 24.7 Å². The van der Waals surface area contributed by atoms with Crippen molar-refractivity contribution in [2.75, 3.05) is 52.0 Å². The van der Waals surface area contributed by atoms with E-state index in [1.54, 1.807) is 7.11 Å². The molecule has 9 heteroatoms. The lowest BCUT2D eigenvalue weighted by atomic mass is 9.98. The van der Waals surface area contributed by atoms with Crippen molar-refractivity contribution in [3.8, 4) is 5.75 Å². The van der Waals surface area contributed by atoms with Crippen LogP contribution >= 0.6 is 24.0 Å². The maximum Gasteiger partial charge on any atom is 0.191 e. The third-order valence-electron chi connectivity index (χ3n) is 4.00. The van der Waals surface area contributed by atoms with Crippen LogP contribution in [0.25, 0.3) is 0 Å². The van der Waals surface area contributed by atoms with E-state index in [9.17, 15) is 8.42 Å². The van der Waals surface area contributed by atoms with Gasteiger partial charge in [-0.1, -0.05) is 19.1 Å². The lowest BCUT2D eigenvalue weighted by Crippen LogP contribution is -2.39. The highest BCUT2D eigenvalue weighted by atomic mass is 127. The number of benzene rings is 1. The Morgan fingerprint density at radius 2 is 1.86 bits per heavy atom. The molecule has 0 aromatic heterocycles. The fourth-order valence-electron chi connectivity index (χ4n) is 2.36. The zero-order chi connectivity index (χ0) is 20.1. The molecule has 0 saturated heterocycles. The molecule has 1 aromatic rings.